The summed E-state index contributed by atoms with van der Waals surface area (Å²) in [7, 11) is 2.07. The van der Waals surface area contributed by atoms with Gasteiger partial charge in [-0.25, -0.2) is 4.39 Å². The molecule has 170 valence electrons. The van der Waals surface area contributed by atoms with E-state index in [0.717, 1.165) is 81.9 Å². The number of aliphatic hydroxyl groups is 1. The number of hydrogen-bond donors (Lipinski definition) is 1. The van der Waals surface area contributed by atoms with Gasteiger partial charge < -0.3 is 14.7 Å². The van der Waals surface area contributed by atoms with Gasteiger partial charge in [-0.1, -0.05) is 25.5 Å². The molecular weight excluding hydrogens is 391 g/mol. The molecule has 0 amide bonds. The zero-order chi connectivity index (χ0) is 22.3. The van der Waals surface area contributed by atoms with Gasteiger partial charge in [-0.15, -0.1) is 0 Å². The Labute approximate surface area is 186 Å². The Balaban J connectivity index is 1.43. The van der Waals surface area contributed by atoms with Crippen molar-refractivity contribution in [2.45, 2.75) is 58.1 Å². The molecule has 0 atom stereocenters. The Hall–Kier alpha value is -2.11. The minimum Gasteiger partial charge on any atom is -0.494 e. The van der Waals surface area contributed by atoms with E-state index in [1.807, 2.05) is 24.3 Å². The first-order valence-corrected chi connectivity index (χ1v) is 11.5. The van der Waals surface area contributed by atoms with Crippen LogP contribution in [0.3, 0.4) is 0 Å². The highest BCUT2D eigenvalue weighted by molar-refractivity contribution is 5.48. The predicted octanol–water partition coefficient (Wildman–Crippen LogP) is 5.17. The molecule has 0 aliphatic carbocycles. The van der Waals surface area contributed by atoms with E-state index in [2.05, 4.69) is 35.9 Å². The van der Waals surface area contributed by atoms with Gasteiger partial charge in [0.05, 0.1) is 12.2 Å². The number of likely N-dealkylation sites (tertiary alicyclic amines) is 1. The van der Waals surface area contributed by atoms with Crippen molar-refractivity contribution in [2.24, 2.45) is 0 Å². The van der Waals surface area contributed by atoms with Crippen molar-refractivity contribution in [3.05, 3.63) is 59.4 Å². The quantitative estimate of drug-likeness (QED) is 0.530. The fourth-order valence-corrected chi connectivity index (χ4v) is 4.01. The number of anilines is 1. The summed E-state index contributed by atoms with van der Waals surface area (Å²) in [6.45, 7) is 7.90. The van der Waals surface area contributed by atoms with Crippen LogP contribution in [-0.4, -0.2) is 48.9 Å². The zero-order valence-electron chi connectivity index (χ0n) is 19.2. The average molecular weight is 429 g/mol. The maximum Gasteiger partial charge on any atom is 0.126 e. The first kappa shape index (κ1) is 23.6. The Kier molecular flexibility index (Phi) is 8.33. The number of unbranched alkanes of at least 4 members (excludes halogenated alkanes) is 1. The lowest BCUT2D eigenvalue weighted by Gasteiger charge is -2.39. The average Bonchev–Trinajstić information content (AvgIpc) is 2.77. The third kappa shape index (κ3) is 6.94. The third-order valence-corrected chi connectivity index (χ3v) is 6.39. The smallest absolute Gasteiger partial charge is 0.126 e. The topological polar surface area (TPSA) is 35.9 Å². The molecule has 0 radical (unpaired) electrons. The molecular formula is C26H37FN2O2. The van der Waals surface area contributed by atoms with Crippen LogP contribution in [0.1, 0.15) is 50.2 Å². The van der Waals surface area contributed by atoms with E-state index < -0.39 is 5.60 Å². The van der Waals surface area contributed by atoms with Crippen molar-refractivity contribution in [2.75, 3.05) is 38.2 Å². The van der Waals surface area contributed by atoms with Crippen LogP contribution in [0, 0.1) is 12.7 Å². The van der Waals surface area contributed by atoms with Crippen molar-refractivity contribution in [1.29, 1.82) is 0 Å². The van der Waals surface area contributed by atoms with Crippen LogP contribution in [0.5, 0.6) is 5.75 Å². The number of piperidine rings is 1. The van der Waals surface area contributed by atoms with Crippen LogP contribution in [0.15, 0.2) is 42.5 Å². The normalized spacial score (nSPS) is 16.3. The second-order valence-corrected chi connectivity index (χ2v) is 8.95. The Morgan fingerprint density at radius 2 is 1.84 bits per heavy atom. The summed E-state index contributed by atoms with van der Waals surface area (Å²) >= 11 is 0. The van der Waals surface area contributed by atoms with Crippen LogP contribution in [0.25, 0.3) is 0 Å². The molecule has 5 heteroatoms. The van der Waals surface area contributed by atoms with Gasteiger partial charge in [0.15, 0.2) is 0 Å². The minimum absolute atomic E-state index is 0.144. The zero-order valence-corrected chi connectivity index (χ0v) is 19.2. The molecule has 1 fully saturated rings. The molecule has 0 spiro atoms. The van der Waals surface area contributed by atoms with E-state index in [4.69, 9.17) is 4.74 Å². The Morgan fingerprint density at radius 3 is 2.48 bits per heavy atom. The molecule has 31 heavy (non-hydrogen) atoms. The van der Waals surface area contributed by atoms with Crippen LogP contribution in [-0.2, 0) is 6.54 Å². The number of hydrogen-bond acceptors (Lipinski definition) is 4. The lowest BCUT2D eigenvalue weighted by molar-refractivity contribution is -0.0275. The Morgan fingerprint density at radius 1 is 1.13 bits per heavy atom. The molecule has 1 saturated heterocycles. The van der Waals surface area contributed by atoms with Crippen LogP contribution in [0.2, 0.25) is 0 Å². The van der Waals surface area contributed by atoms with Crippen LogP contribution < -0.4 is 9.64 Å². The molecule has 3 rings (SSSR count). The molecule has 0 saturated carbocycles. The van der Waals surface area contributed by atoms with Gasteiger partial charge in [0, 0.05) is 38.9 Å². The lowest BCUT2D eigenvalue weighted by atomic mass is 9.88. The van der Waals surface area contributed by atoms with Gasteiger partial charge in [-0.3, -0.25) is 4.90 Å². The third-order valence-electron chi connectivity index (χ3n) is 6.39. The van der Waals surface area contributed by atoms with Crippen molar-refractivity contribution in [3.63, 3.8) is 0 Å². The number of rotatable bonds is 10. The summed E-state index contributed by atoms with van der Waals surface area (Å²) < 4.78 is 19.5. The molecule has 0 aromatic heterocycles. The molecule has 2 aromatic rings. The fraction of sp³-hybridized carbons (Fsp3) is 0.538. The van der Waals surface area contributed by atoms with Crippen LogP contribution in [0.4, 0.5) is 10.1 Å². The maximum atomic E-state index is 13.8. The lowest BCUT2D eigenvalue weighted by Crippen LogP contribution is -2.45. The highest BCUT2D eigenvalue weighted by atomic mass is 19.1. The van der Waals surface area contributed by atoms with E-state index in [9.17, 15) is 9.50 Å². The van der Waals surface area contributed by atoms with Gasteiger partial charge in [-0.05, 0) is 74.1 Å². The molecule has 0 unspecified atom stereocenters. The second-order valence-electron chi connectivity index (χ2n) is 8.95. The number of nitrogens with zero attached hydrogens (tertiary/aromatic N) is 2. The van der Waals surface area contributed by atoms with Gasteiger partial charge in [0.25, 0.3) is 0 Å². The Bertz CT molecular complexity index is 817. The maximum absolute atomic E-state index is 13.8. The van der Waals surface area contributed by atoms with Crippen LogP contribution >= 0.6 is 0 Å². The number of aryl methyl sites for hydroxylation is 1. The molecule has 1 aliphatic heterocycles. The van der Waals surface area contributed by atoms with Gasteiger partial charge in [0.1, 0.15) is 11.6 Å². The second kappa shape index (κ2) is 11.0. The summed E-state index contributed by atoms with van der Waals surface area (Å²) in [6, 6.07) is 13.7. The molecule has 1 heterocycles. The summed E-state index contributed by atoms with van der Waals surface area (Å²) in [5, 5.41) is 11.1. The molecule has 1 N–H and O–H groups in total. The minimum atomic E-state index is -0.632. The van der Waals surface area contributed by atoms with E-state index in [0.29, 0.717) is 5.56 Å². The van der Waals surface area contributed by atoms with E-state index in [1.165, 1.54) is 0 Å². The SMILES string of the molecule is CCCCOc1ccc(N(C)CCC2(O)CCN(Cc3ccc(C)c(F)c3)CC2)cc1. The fourth-order valence-electron chi connectivity index (χ4n) is 4.01. The summed E-state index contributed by atoms with van der Waals surface area (Å²) in [4.78, 5) is 4.49. The molecule has 2 aromatic carbocycles. The standard InChI is InChI=1S/C26H37FN2O2/c1-4-5-18-31-24-10-8-23(9-11-24)28(3)15-12-26(30)13-16-29(17-14-26)20-22-7-6-21(2)25(27)19-22/h6-11,19,30H,4-5,12-18,20H2,1-3H3. The summed E-state index contributed by atoms with van der Waals surface area (Å²) in [6.07, 6.45) is 4.44. The monoisotopic (exact) mass is 428 g/mol. The molecule has 0 bridgehead atoms. The first-order valence-electron chi connectivity index (χ1n) is 11.5. The van der Waals surface area contributed by atoms with Crippen molar-refractivity contribution >= 4 is 5.69 Å². The van der Waals surface area contributed by atoms with E-state index in [-0.39, 0.29) is 5.82 Å². The summed E-state index contributed by atoms with van der Waals surface area (Å²) in [5.41, 5.74) is 2.17. The largest absolute Gasteiger partial charge is 0.494 e. The number of ether oxygens (including phenoxy) is 1. The van der Waals surface area contributed by atoms with Gasteiger partial charge in [-0.2, -0.15) is 0 Å². The van der Waals surface area contributed by atoms with Crippen molar-refractivity contribution in [1.82, 2.24) is 4.90 Å². The van der Waals surface area contributed by atoms with E-state index >= 15 is 0 Å². The van der Waals surface area contributed by atoms with E-state index in [1.54, 1.807) is 13.0 Å². The first-order chi connectivity index (χ1) is 14.9. The number of benzene rings is 2. The van der Waals surface area contributed by atoms with Crippen molar-refractivity contribution < 1.29 is 14.2 Å². The number of halogens is 1. The molecule has 4 nitrogen and oxygen atoms in total. The van der Waals surface area contributed by atoms with Crippen molar-refractivity contribution in [3.8, 4) is 5.75 Å². The molecule has 1 aliphatic rings. The van der Waals surface area contributed by atoms with Gasteiger partial charge in [0.2, 0.25) is 0 Å². The summed E-state index contributed by atoms with van der Waals surface area (Å²) in [5.74, 6) is 0.764. The van der Waals surface area contributed by atoms with Gasteiger partial charge >= 0.3 is 0 Å². The predicted molar refractivity (Wildman–Crippen MR) is 125 cm³/mol. The highest BCUT2D eigenvalue weighted by Gasteiger charge is 2.32. The highest BCUT2D eigenvalue weighted by Crippen LogP contribution is 2.28.